The molecule has 1 aliphatic rings. The maximum atomic E-state index is 11.8. The number of hydrogen-bond donors (Lipinski definition) is 2. The van der Waals surface area contributed by atoms with E-state index in [0.29, 0.717) is 6.42 Å². The van der Waals surface area contributed by atoms with Crippen LogP contribution in [0, 0.1) is 0 Å². The summed E-state index contributed by atoms with van der Waals surface area (Å²) in [6.07, 6.45) is 0.156. The summed E-state index contributed by atoms with van der Waals surface area (Å²) in [7, 11) is 0. The minimum Gasteiger partial charge on any atom is -0.368 e. The van der Waals surface area contributed by atoms with Crippen molar-refractivity contribution in [3.63, 3.8) is 0 Å². The number of ketones is 1. The zero-order chi connectivity index (χ0) is 13.0. The van der Waals surface area contributed by atoms with Crippen LogP contribution in [-0.4, -0.2) is 42.4 Å². The molecule has 1 saturated heterocycles. The van der Waals surface area contributed by atoms with Gasteiger partial charge in [-0.1, -0.05) is 6.92 Å². The SMILES string of the molecule is CC[C@H](NC(C)=O)C(=O)NC1C(=O)CO[C@H]1C. The molecule has 1 unspecified atom stereocenters. The lowest BCUT2D eigenvalue weighted by Gasteiger charge is -2.20. The van der Waals surface area contributed by atoms with E-state index >= 15 is 0 Å². The van der Waals surface area contributed by atoms with Gasteiger partial charge in [0.05, 0.1) is 6.10 Å². The molecule has 0 aromatic rings. The van der Waals surface area contributed by atoms with Crippen molar-refractivity contribution in [2.24, 2.45) is 0 Å². The predicted molar refractivity (Wildman–Crippen MR) is 60.2 cm³/mol. The molecule has 1 heterocycles. The molecule has 0 spiro atoms. The van der Waals surface area contributed by atoms with Gasteiger partial charge in [0.25, 0.3) is 0 Å². The maximum absolute atomic E-state index is 11.8. The Morgan fingerprint density at radius 1 is 1.53 bits per heavy atom. The summed E-state index contributed by atoms with van der Waals surface area (Å²) < 4.78 is 5.12. The topological polar surface area (TPSA) is 84.5 Å². The largest absolute Gasteiger partial charge is 0.368 e. The third-order valence-corrected chi connectivity index (χ3v) is 2.70. The first-order valence-corrected chi connectivity index (χ1v) is 5.67. The average Bonchev–Trinajstić information content (AvgIpc) is 2.57. The molecule has 0 radical (unpaired) electrons. The second-order valence-electron chi connectivity index (χ2n) is 4.13. The quantitative estimate of drug-likeness (QED) is 0.687. The number of carbonyl (C=O) groups excluding carboxylic acids is 3. The Kier molecular flexibility index (Phi) is 4.62. The zero-order valence-corrected chi connectivity index (χ0v) is 10.3. The van der Waals surface area contributed by atoms with Crippen LogP contribution < -0.4 is 10.6 Å². The molecule has 0 saturated carbocycles. The number of hydrogen-bond acceptors (Lipinski definition) is 4. The highest BCUT2D eigenvalue weighted by Gasteiger charge is 2.35. The number of carbonyl (C=O) groups is 3. The smallest absolute Gasteiger partial charge is 0.243 e. The van der Waals surface area contributed by atoms with Gasteiger partial charge in [0.2, 0.25) is 11.8 Å². The van der Waals surface area contributed by atoms with Crippen molar-refractivity contribution in [3.05, 3.63) is 0 Å². The Morgan fingerprint density at radius 2 is 2.18 bits per heavy atom. The molecular weight excluding hydrogens is 224 g/mol. The average molecular weight is 242 g/mol. The normalized spacial score (nSPS) is 25.5. The van der Waals surface area contributed by atoms with Gasteiger partial charge in [0.15, 0.2) is 5.78 Å². The highest BCUT2D eigenvalue weighted by atomic mass is 16.5. The summed E-state index contributed by atoms with van der Waals surface area (Å²) in [5.41, 5.74) is 0. The molecule has 0 aromatic carbocycles. The van der Waals surface area contributed by atoms with E-state index < -0.39 is 12.1 Å². The van der Waals surface area contributed by atoms with Crippen molar-refractivity contribution in [1.82, 2.24) is 10.6 Å². The molecule has 6 heteroatoms. The lowest BCUT2D eigenvalue weighted by atomic mass is 10.1. The Balaban J connectivity index is 2.57. The Labute approximate surface area is 100 Å². The first-order valence-electron chi connectivity index (χ1n) is 5.67. The third kappa shape index (κ3) is 3.52. The van der Waals surface area contributed by atoms with Crippen molar-refractivity contribution in [2.75, 3.05) is 6.61 Å². The van der Waals surface area contributed by atoms with Gasteiger partial charge in [0.1, 0.15) is 18.7 Å². The minimum absolute atomic E-state index is 0.0308. The molecule has 0 aliphatic carbocycles. The highest BCUT2D eigenvalue weighted by molar-refractivity contribution is 5.94. The van der Waals surface area contributed by atoms with Crippen LogP contribution in [0.1, 0.15) is 27.2 Å². The van der Waals surface area contributed by atoms with Crippen LogP contribution in [0.4, 0.5) is 0 Å². The molecule has 1 fully saturated rings. The summed E-state index contributed by atoms with van der Waals surface area (Å²) in [6, 6.07) is -1.21. The fourth-order valence-corrected chi connectivity index (χ4v) is 1.71. The molecule has 2 N–H and O–H groups in total. The molecule has 0 aromatic heterocycles. The van der Waals surface area contributed by atoms with Crippen LogP contribution in [0.2, 0.25) is 0 Å². The van der Waals surface area contributed by atoms with Crippen molar-refractivity contribution in [1.29, 1.82) is 0 Å². The number of amides is 2. The number of Topliss-reactive ketones (excluding diaryl/α,β-unsaturated/α-hetero) is 1. The van der Waals surface area contributed by atoms with Crippen LogP contribution in [0.15, 0.2) is 0 Å². The van der Waals surface area contributed by atoms with Crippen molar-refractivity contribution in [3.8, 4) is 0 Å². The minimum atomic E-state index is -0.606. The molecule has 0 bridgehead atoms. The zero-order valence-electron chi connectivity index (χ0n) is 10.3. The van der Waals surface area contributed by atoms with Crippen LogP contribution >= 0.6 is 0 Å². The van der Waals surface area contributed by atoms with E-state index in [1.54, 1.807) is 13.8 Å². The van der Waals surface area contributed by atoms with Crippen molar-refractivity contribution >= 4 is 17.6 Å². The van der Waals surface area contributed by atoms with Gasteiger partial charge in [-0.25, -0.2) is 0 Å². The molecule has 1 aliphatic heterocycles. The van der Waals surface area contributed by atoms with E-state index in [0.717, 1.165) is 0 Å². The summed E-state index contributed by atoms with van der Waals surface area (Å²) in [6.45, 7) is 4.90. The van der Waals surface area contributed by atoms with E-state index in [-0.39, 0.29) is 30.3 Å². The van der Waals surface area contributed by atoms with E-state index in [4.69, 9.17) is 4.74 Å². The highest BCUT2D eigenvalue weighted by Crippen LogP contribution is 2.09. The van der Waals surface area contributed by atoms with Gasteiger partial charge in [-0.3, -0.25) is 14.4 Å². The fourth-order valence-electron chi connectivity index (χ4n) is 1.71. The third-order valence-electron chi connectivity index (χ3n) is 2.70. The Bertz CT molecular complexity index is 329. The van der Waals surface area contributed by atoms with Gasteiger partial charge in [-0.15, -0.1) is 0 Å². The van der Waals surface area contributed by atoms with Crippen LogP contribution in [-0.2, 0) is 19.1 Å². The van der Waals surface area contributed by atoms with Gasteiger partial charge in [-0.05, 0) is 13.3 Å². The van der Waals surface area contributed by atoms with Crippen molar-refractivity contribution < 1.29 is 19.1 Å². The summed E-state index contributed by atoms with van der Waals surface area (Å²) in [4.78, 5) is 34.2. The van der Waals surface area contributed by atoms with E-state index in [2.05, 4.69) is 10.6 Å². The fraction of sp³-hybridized carbons (Fsp3) is 0.727. The van der Waals surface area contributed by atoms with Gasteiger partial charge < -0.3 is 15.4 Å². The number of ether oxygens (including phenoxy) is 1. The van der Waals surface area contributed by atoms with Crippen LogP contribution in [0.3, 0.4) is 0 Å². The Hall–Kier alpha value is -1.43. The number of nitrogens with one attached hydrogen (secondary N) is 2. The maximum Gasteiger partial charge on any atom is 0.243 e. The first kappa shape index (κ1) is 13.6. The molecular formula is C11H18N2O4. The monoisotopic (exact) mass is 242 g/mol. The lowest BCUT2D eigenvalue weighted by Crippen LogP contribution is -2.52. The van der Waals surface area contributed by atoms with Gasteiger partial charge in [-0.2, -0.15) is 0 Å². The predicted octanol–water partition coefficient (Wildman–Crippen LogP) is -0.626. The van der Waals surface area contributed by atoms with Crippen LogP contribution in [0.5, 0.6) is 0 Å². The van der Waals surface area contributed by atoms with Gasteiger partial charge >= 0.3 is 0 Å². The molecule has 3 atom stereocenters. The molecule has 96 valence electrons. The van der Waals surface area contributed by atoms with E-state index in [1.165, 1.54) is 6.92 Å². The summed E-state index contributed by atoms with van der Waals surface area (Å²) in [5, 5.41) is 5.14. The van der Waals surface area contributed by atoms with Gasteiger partial charge in [0, 0.05) is 6.92 Å². The summed E-state index contributed by atoms with van der Waals surface area (Å²) in [5.74, 6) is -0.754. The molecule has 2 amide bonds. The Morgan fingerprint density at radius 3 is 2.59 bits per heavy atom. The van der Waals surface area contributed by atoms with E-state index in [9.17, 15) is 14.4 Å². The standard InChI is InChI=1S/C11H18N2O4/c1-4-8(12-7(3)14)11(16)13-10-6(2)17-5-9(10)15/h6,8,10H,4-5H2,1-3H3,(H,12,14)(H,13,16)/t6-,8-,10?/m0/s1. The first-order chi connectivity index (χ1) is 7.95. The molecule has 17 heavy (non-hydrogen) atoms. The van der Waals surface area contributed by atoms with Crippen molar-refractivity contribution in [2.45, 2.75) is 45.4 Å². The van der Waals surface area contributed by atoms with E-state index in [1.807, 2.05) is 0 Å². The second-order valence-corrected chi connectivity index (χ2v) is 4.13. The molecule has 1 rings (SSSR count). The summed E-state index contributed by atoms with van der Waals surface area (Å²) >= 11 is 0. The lowest BCUT2D eigenvalue weighted by molar-refractivity contribution is -0.130. The second kappa shape index (κ2) is 5.77. The number of rotatable bonds is 4. The molecule has 6 nitrogen and oxygen atoms in total. The van der Waals surface area contributed by atoms with Crippen LogP contribution in [0.25, 0.3) is 0 Å².